The van der Waals surface area contributed by atoms with Crippen LogP contribution in [0.1, 0.15) is 24.2 Å². The molecule has 0 radical (unpaired) electrons. The fourth-order valence-corrected chi connectivity index (χ4v) is 3.47. The van der Waals surface area contributed by atoms with Gasteiger partial charge in [-0.05, 0) is 48.7 Å². The number of aromatic amines is 1. The van der Waals surface area contributed by atoms with Gasteiger partial charge in [0.25, 0.3) is 0 Å². The van der Waals surface area contributed by atoms with Gasteiger partial charge in [0.15, 0.2) is 11.8 Å². The Kier molecular flexibility index (Phi) is 7.47. The van der Waals surface area contributed by atoms with E-state index in [9.17, 15) is 4.39 Å². The molecule has 2 aromatic carbocycles. The van der Waals surface area contributed by atoms with Gasteiger partial charge < -0.3 is 15.4 Å². The summed E-state index contributed by atoms with van der Waals surface area (Å²) in [5.74, 6) is 2.59. The Labute approximate surface area is 197 Å². The molecule has 7 nitrogen and oxygen atoms in total. The standard InChI is InChI=1S/C22H25FN6O.HI/c1-24-21(26-14-22(11-12-22)17-5-3-4-6-18(17)23)25-13-19-27-20(29-28-19)15-7-9-16(30-2)10-8-15;/h3-10H,11-14H2,1-2H3,(H2,24,25,26)(H,27,28,29);1H. The van der Waals surface area contributed by atoms with Gasteiger partial charge >= 0.3 is 0 Å². The second kappa shape index (κ2) is 10.1. The molecule has 0 unspecified atom stereocenters. The van der Waals surface area contributed by atoms with Crippen LogP contribution >= 0.6 is 24.0 Å². The van der Waals surface area contributed by atoms with Crippen molar-refractivity contribution >= 4 is 29.9 Å². The summed E-state index contributed by atoms with van der Waals surface area (Å²) in [5, 5.41) is 13.8. The molecule has 0 atom stereocenters. The number of methoxy groups -OCH3 is 1. The van der Waals surface area contributed by atoms with E-state index < -0.39 is 0 Å². The molecule has 3 N–H and O–H groups in total. The summed E-state index contributed by atoms with van der Waals surface area (Å²) in [6, 6.07) is 14.6. The van der Waals surface area contributed by atoms with E-state index in [4.69, 9.17) is 4.74 Å². The van der Waals surface area contributed by atoms with Crippen molar-refractivity contribution in [3.8, 4) is 17.1 Å². The van der Waals surface area contributed by atoms with Gasteiger partial charge in [0.1, 0.15) is 17.4 Å². The molecule has 1 fully saturated rings. The molecule has 4 rings (SSSR count). The minimum absolute atomic E-state index is 0. The fourth-order valence-electron chi connectivity index (χ4n) is 3.47. The van der Waals surface area contributed by atoms with E-state index in [2.05, 4.69) is 30.8 Å². The van der Waals surface area contributed by atoms with Crippen LogP contribution in [-0.2, 0) is 12.0 Å². The van der Waals surface area contributed by atoms with Crippen molar-refractivity contribution < 1.29 is 9.13 Å². The third kappa shape index (κ3) is 5.33. The lowest BCUT2D eigenvalue weighted by molar-refractivity contribution is 0.415. The molecule has 0 aliphatic heterocycles. The van der Waals surface area contributed by atoms with Crippen LogP contribution in [0.2, 0.25) is 0 Å². The molecule has 0 saturated heterocycles. The second-order valence-corrected chi connectivity index (χ2v) is 7.37. The first-order chi connectivity index (χ1) is 14.6. The average Bonchev–Trinajstić information content (AvgIpc) is 3.42. The Hall–Kier alpha value is -2.69. The summed E-state index contributed by atoms with van der Waals surface area (Å²) in [4.78, 5) is 8.78. The highest BCUT2D eigenvalue weighted by Gasteiger charge is 2.45. The number of hydrogen-bond acceptors (Lipinski definition) is 4. The number of rotatable bonds is 7. The normalized spacial score (nSPS) is 14.5. The van der Waals surface area contributed by atoms with Crippen LogP contribution < -0.4 is 15.4 Å². The van der Waals surface area contributed by atoms with Crippen molar-refractivity contribution in [2.24, 2.45) is 4.99 Å². The first kappa shape index (κ1) is 23.0. The number of nitrogens with zero attached hydrogens (tertiary/aromatic N) is 3. The van der Waals surface area contributed by atoms with Crippen molar-refractivity contribution in [2.75, 3.05) is 20.7 Å². The highest BCUT2D eigenvalue weighted by molar-refractivity contribution is 14.0. The molecule has 9 heteroatoms. The number of aromatic nitrogens is 3. The van der Waals surface area contributed by atoms with Gasteiger partial charge in [-0.3, -0.25) is 10.1 Å². The maximum absolute atomic E-state index is 14.2. The molecule has 31 heavy (non-hydrogen) atoms. The molecule has 0 spiro atoms. The van der Waals surface area contributed by atoms with Crippen LogP contribution in [0.3, 0.4) is 0 Å². The number of hydrogen-bond donors (Lipinski definition) is 3. The highest BCUT2D eigenvalue weighted by atomic mass is 127. The lowest BCUT2D eigenvalue weighted by atomic mass is 9.95. The van der Waals surface area contributed by atoms with Gasteiger partial charge in [-0.2, -0.15) is 5.10 Å². The van der Waals surface area contributed by atoms with E-state index in [1.54, 1.807) is 20.2 Å². The number of ether oxygens (including phenoxy) is 1. The Morgan fingerprint density at radius 2 is 1.90 bits per heavy atom. The Balaban J connectivity index is 0.00000272. The third-order valence-electron chi connectivity index (χ3n) is 5.42. The summed E-state index contributed by atoms with van der Waals surface area (Å²) in [6.07, 6.45) is 1.93. The van der Waals surface area contributed by atoms with Gasteiger partial charge in [-0.1, -0.05) is 18.2 Å². The molecule has 1 aliphatic rings. The summed E-state index contributed by atoms with van der Waals surface area (Å²) in [6.45, 7) is 1.07. The molecule has 1 aromatic heterocycles. The van der Waals surface area contributed by atoms with Crippen molar-refractivity contribution in [1.82, 2.24) is 25.8 Å². The van der Waals surface area contributed by atoms with Crippen LogP contribution in [0.15, 0.2) is 53.5 Å². The topological polar surface area (TPSA) is 87.2 Å². The molecular weight excluding hydrogens is 510 g/mol. The van der Waals surface area contributed by atoms with Crippen molar-refractivity contribution in [3.05, 3.63) is 65.7 Å². The Morgan fingerprint density at radius 1 is 1.16 bits per heavy atom. The number of guanidine groups is 1. The zero-order valence-corrected chi connectivity index (χ0v) is 19.8. The van der Waals surface area contributed by atoms with Crippen molar-refractivity contribution in [2.45, 2.75) is 24.8 Å². The van der Waals surface area contributed by atoms with E-state index in [0.29, 0.717) is 30.7 Å². The highest BCUT2D eigenvalue weighted by Crippen LogP contribution is 2.48. The van der Waals surface area contributed by atoms with E-state index in [1.807, 2.05) is 36.4 Å². The smallest absolute Gasteiger partial charge is 0.191 e. The number of H-pyrrole nitrogens is 1. The third-order valence-corrected chi connectivity index (χ3v) is 5.42. The Bertz CT molecular complexity index is 1030. The first-order valence-electron chi connectivity index (χ1n) is 9.89. The molecule has 3 aromatic rings. The molecule has 164 valence electrons. The summed E-state index contributed by atoms with van der Waals surface area (Å²) in [7, 11) is 3.34. The predicted molar refractivity (Wildman–Crippen MR) is 129 cm³/mol. The summed E-state index contributed by atoms with van der Waals surface area (Å²) in [5.41, 5.74) is 1.52. The van der Waals surface area contributed by atoms with Crippen LogP contribution in [0.4, 0.5) is 4.39 Å². The molecular formula is C22H26FIN6O. The minimum atomic E-state index is -0.156. The van der Waals surface area contributed by atoms with Crippen molar-refractivity contribution in [3.63, 3.8) is 0 Å². The number of nitrogens with one attached hydrogen (secondary N) is 3. The van der Waals surface area contributed by atoms with Gasteiger partial charge in [0.05, 0.1) is 13.7 Å². The molecule has 0 bridgehead atoms. The van der Waals surface area contributed by atoms with E-state index >= 15 is 0 Å². The zero-order valence-electron chi connectivity index (χ0n) is 17.5. The maximum atomic E-state index is 14.2. The van der Waals surface area contributed by atoms with Crippen LogP contribution in [-0.4, -0.2) is 41.8 Å². The van der Waals surface area contributed by atoms with Crippen LogP contribution in [0.5, 0.6) is 5.75 Å². The van der Waals surface area contributed by atoms with Gasteiger partial charge in [0.2, 0.25) is 0 Å². The molecule has 1 heterocycles. The van der Waals surface area contributed by atoms with Crippen LogP contribution in [0.25, 0.3) is 11.4 Å². The fraction of sp³-hybridized carbons (Fsp3) is 0.318. The molecule has 1 saturated carbocycles. The summed E-state index contributed by atoms with van der Waals surface area (Å²) < 4.78 is 19.4. The van der Waals surface area contributed by atoms with E-state index in [1.165, 1.54) is 6.07 Å². The number of benzene rings is 2. The number of halogens is 2. The first-order valence-corrected chi connectivity index (χ1v) is 9.89. The lowest BCUT2D eigenvalue weighted by Crippen LogP contribution is -2.41. The largest absolute Gasteiger partial charge is 0.497 e. The van der Waals surface area contributed by atoms with Crippen LogP contribution in [0, 0.1) is 5.82 Å². The van der Waals surface area contributed by atoms with Gasteiger partial charge in [-0.15, -0.1) is 24.0 Å². The van der Waals surface area contributed by atoms with E-state index in [0.717, 1.165) is 29.7 Å². The Morgan fingerprint density at radius 3 is 2.55 bits per heavy atom. The lowest BCUT2D eigenvalue weighted by Gasteiger charge is -2.19. The molecule has 1 aliphatic carbocycles. The molecule has 0 amide bonds. The van der Waals surface area contributed by atoms with Gasteiger partial charge in [0, 0.05) is 24.6 Å². The summed E-state index contributed by atoms with van der Waals surface area (Å²) >= 11 is 0. The average molecular weight is 536 g/mol. The SMILES string of the molecule is CN=C(NCc1nc(-c2ccc(OC)cc2)n[nH]1)NCC1(c2ccccc2F)CC1.I. The second-order valence-electron chi connectivity index (χ2n) is 7.37. The number of aliphatic imine (C=N–C) groups is 1. The zero-order chi connectivity index (χ0) is 21.0. The quantitative estimate of drug-likeness (QED) is 0.244. The monoisotopic (exact) mass is 536 g/mol. The van der Waals surface area contributed by atoms with Gasteiger partial charge in [-0.25, -0.2) is 9.37 Å². The van der Waals surface area contributed by atoms with Crippen molar-refractivity contribution in [1.29, 1.82) is 0 Å². The minimum Gasteiger partial charge on any atom is -0.497 e. The predicted octanol–water partition coefficient (Wildman–Crippen LogP) is 3.63. The van der Waals surface area contributed by atoms with E-state index in [-0.39, 0.29) is 35.2 Å². The maximum Gasteiger partial charge on any atom is 0.191 e.